The second-order valence-corrected chi connectivity index (χ2v) is 6.31. The predicted molar refractivity (Wildman–Crippen MR) is 81.6 cm³/mol. The Kier molecular flexibility index (Phi) is 5.22. The first-order valence-corrected chi connectivity index (χ1v) is 8.05. The highest BCUT2D eigenvalue weighted by Gasteiger charge is 2.31. The fourth-order valence-corrected chi connectivity index (χ4v) is 3.00. The second kappa shape index (κ2) is 6.72. The molecule has 0 bridgehead atoms. The lowest BCUT2D eigenvalue weighted by atomic mass is 9.79. The SMILES string of the molecule is CCc1cc(CNCC2(O)CCC(C)CC2)n(CC)n1. The molecule has 0 unspecified atom stereocenters. The number of hydrogen-bond donors (Lipinski definition) is 2. The minimum absolute atomic E-state index is 0.503. The van der Waals surface area contributed by atoms with Gasteiger partial charge in [0.2, 0.25) is 0 Å². The van der Waals surface area contributed by atoms with Gasteiger partial charge in [-0.2, -0.15) is 5.10 Å². The predicted octanol–water partition coefficient (Wildman–Crippen LogP) is 2.50. The summed E-state index contributed by atoms with van der Waals surface area (Å²) in [5.41, 5.74) is 1.86. The number of hydrogen-bond acceptors (Lipinski definition) is 3. The molecule has 1 aromatic rings. The van der Waals surface area contributed by atoms with Crippen LogP contribution >= 0.6 is 0 Å². The van der Waals surface area contributed by atoms with Gasteiger partial charge in [0.1, 0.15) is 0 Å². The zero-order chi connectivity index (χ0) is 14.6. The molecule has 1 aliphatic carbocycles. The fraction of sp³-hybridized carbons (Fsp3) is 0.812. The molecule has 0 atom stereocenters. The fourth-order valence-electron chi connectivity index (χ4n) is 3.00. The van der Waals surface area contributed by atoms with Crippen LogP contribution < -0.4 is 5.32 Å². The van der Waals surface area contributed by atoms with Crippen molar-refractivity contribution in [3.05, 3.63) is 17.5 Å². The van der Waals surface area contributed by atoms with Crippen molar-refractivity contribution in [3.8, 4) is 0 Å². The van der Waals surface area contributed by atoms with Crippen molar-refractivity contribution >= 4 is 0 Å². The van der Waals surface area contributed by atoms with Crippen LogP contribution in [0.5, 0.6) is 0 Å². The third-order valence-electron chi connectivity index (χ3n) is 4.54. The molecular formula is C16H29N3O. The smallest absolute Gasteiger partial charge is 0.0771 e. The van der Waals surface area contributed by atoms with Crippen molar-refractivity contribution in [2.45, 2.75) is 71.6 Å². The molecule has 1 aromatic heterocycles. The lowest BCUT2D eigenvalue weighted by Crippen LogP contribution is -2.43. The molecule has 1 fully saturated rings. The Morgan fingerprint density at radius 2 is 2.10 bits per heavy atom. The molecule has 0 aliphatic heterocycles. The standard InChI is InChI=1S/C16H29N3O/c1-4-14-10-15(19(5-2)18-14)11-17-12-16(20)8-6-13(3)7-9-16/h10,13,17,20H,4-9,11-12H2,1-3H3. The van der Waals surface area contributed by atoms with Gasteiger partial charge in [-0.1, -0.05) is 13.8 Å². The zero-order valence-electron chi connectivity index (χ0n) is 13.2. The zero-order valence-corrected chi connectivity index (χ0v) is 13.2. The van der Waals surface area contributed by atoms with Crippen molar-refractivity contribution in [1.29, 1.82) is 0 Å². The topological polar surface area (TPSA) is 50.1 Å². The lowest BCUT2D eigenvalue weighted by molar-refractivity contribution is -0.00641. The monoisotopic (exact) mass is 279 g/mol. The number of nitrogens with one attached hydrogen (secondary N) is 1. The number of rotatable bonds is 6. The average Bonchev–Trinajstić information content (AvgIpc) is 2.85. The van der Waals surface area contributed by atoms with Gasteiger partial charge >= 0.3 is 0 Å². The van der Waals surface area contributed by atoms with E-state index in [1.165, 1.54) is 5.69 Å². The third kappa shape index (κ3) is 3.83. The van der Waals surface area contributed by atoms with E-state index in [9.17, 15) is 5.11 Å². The third-order valence-corrected chi connectivity index (χ3v) is 4.54. The Labute approximate surface area is 122 Å². The summed E-state index contributed by atoms with van der Waals surface area (Å²) in [5, 5.41) is 18.5. The normalized spacial score (nSPS) is 26.9. The second-order valence-electron chi connectivity index (χ2n) is 6.31. The minimum Gasteiger partial charge on any atom is -0.389 e. The van der Waals surface area contributed by atoms with E-state index in [1.807, 2.05) is 0 Å². The molecule has 4 heteroatoms. The van der Waals surface area contributed by atoms with Crippen LogP contribution in [0, 0.1) is 5.92 Å². The molecule has 1 saturated carbocycles. The van der Waals surface area contributed by atoms with E-state index in [4.69, 9.17) is 0 Å². The van der Waals surface area contributed by atoms with Crippen molar-refractivity contribution in [3.63, 3.8) is 0 Å². The number of aryl methyl sites for hydroxylation is 2. The summed E-state index contributed by atoms with van der Waals surface area (Å²) < 4.78 is 2.05. The first kappa shape index (κ1) is 15.5. The van der Waals surface area contributed by atoms with Gasteiger partial charge in [0, 0.05) is 19.6 Å². The maximum absolute atomic E-state index is 10.6. The molecule has 1 heterocycles. The number of nitrogens with zero attached hydrogens (tertiary/aromatic N) is 2. The van der Waals surface area contributed by atoms with E-state index in [-0.39, 0.29) is 0 Å². The largest absolute Gasteiger partial charge is 0.389 e. The summed E-state index contributed by atoms with van der Waals surface area (Å²) in [6.07, 6.45) is 5.11. The Morgan fingerprint density at radius 3 is 2.70 bits per heavy atom. The maximum Gasteiger partial charge on any atom is 0.0771 e. The highest BCUT2D eigenvalue weighted by Crippen LogP contribution is 2.31. The van der Waals surface area contributed by atoms with Crippen LogP contribution in [0.25, 0.3) is 0 Å². The summed E-state index contributed by atoms with van der Waals surface area (Å²) in [6.45, 7) is 8.91. The van der Waals surface area contributed by atoms with E-state index in [0.717, 1.165) is 56.8 Å². The van der Waals surface area contributed by atoms with Crippen LogP contribution in [0.3, 0.4) is 0 Å². The Hall–Kier alpha value is -0.870. The van der Waals surface area contributed by atoms with E-state index in [0.29, 0.717) is 6.54 Å². The Balaban J connectivity index is 1.85. The summed E-state index contributed by atoms with van der Waals surface area (Å²) in [4.78, 5) is 0. The Bertz CT molecular complexity index is 419. The molecule has 0 spiro atoms. The first-order valence-electron chi connectivity index (χ1n) is 8.05. The average molecular weight is 279 g/mol. The first-order chi connectivity index (χ1) is 9.56. The molecule has 20 heavy (non-hydrogen) atoms. The summed E-state index contributed by atoms with van der Waals surface area (Å²) in [6, 6.07) is 2.17. The van der Waals surface area contributed by atoms with E-state index in [2.05, 4.69) is 41.9 Å². The van der Waals surface area contributed by atoms with Crippen LogP contribution in [0.2, 0.25) is 0 Å². The summed E-state index contributed by atoms with van der Waals surface area (Å²) >= 11 is 0. The van der Waals surface area contributed by atoms with Gasteiger partial charge in [0.05, 0.1) is 17.0 Å². The van der Waals surface area contributed by atoms with Crippen LogP contribution in [0.1, 0.15) is 57.8 Å². The maximum atomic E-state index is 10.6. The van der Waals surface area contributed by atoms with Crippen molar-refractivity contribution in [2.75, 3.05) is 6.54 Å². The molecule has 0 radical (unpaired) electrons. The molecule has 2 rings (SSSR count). The molecular weight excluding hydrogens is 250 g/mol. The molecule has 0 amide bonds. The summed E-state index contributed by atoms with van der Waals surface area (Å²) in [7, 11) is 0. The Morgan fingerprint density at radius 1 is 1.40 bits per heavy atom. The molecule has 1 aliphatic rings. The molecule has 0 aromatic carbocycles. The molecule has 2 N–H and O–H groups in total. The molecule has 4 nitrogen and oxygen atoms in total. The quantitative estimate of drug-likeness (QED) is 0.841. The van der Waals surface area contributed by atoms with Crippen molar-refractivity contribution < 1.29 is 5.11 Å². The van der Waals surface area contributed by atoms with Gasteiger partial charge in [0.25, 0.3) is 0 Å². The van der Waals surface area contributed by atoms with Gasteiger partial charge in [0.15, 0.2) is 0 Å². The minimum atomic E-state index is -0.503. The lowest BCUT2D eigenvalue weighted by Gasteiger charge is -2.35. The highest BCUT2D eigenvalue weighted by molar-refractivity contribution is 5.10. The van der Waals surface area contributed by atoms with Crippen molar-refractivity contribution in [2.24, 2.45) is 5.92 Å². The highest BCUT2D eigenvalue weighted by atomic mass is 16.3. The van der Waals surface area contributed by atoms with Crippen LogP contribution in [0.4, 0.5) is 0 Å². The molecule has 114 valence electrons. The van der Waals surface area contributed by atoms with Gasteiger partial charge < -0.3 is 10.4 Å². The van der Waals surface area contributed by atoms with Gasteiger partial charge in [-0.15, -0.1) is 0 Å². The van der Waals surface area contributed by atoms with Crippen LogP contribution in [-0.4, -0.2) is 27.0 Å². The number of aromatic nitrogens is 2. The van der Waals surface area contributed by atoms with Gasteiger partial charge in [-0.25, -0.2) is 0 Å². The van der Waals surface area contributed by atoms with E-state index in [1.54, 1.807) is 0 Å². The van der Waals surface area contributed by atoms with E-state index >= 15 is 0 Å². The summed E-state index contributed by atoms with van der Waals surface area (Å²) in [5.74, 6) is 0.768. The van der Waals surface area contributed by atoms with Gasteiger partial charge in [-0.3, -0.25) is 4.68 Å². The molecule has 0 saturated heterocycles. The van der Waals surface area contributed by atoms with Crippen molar-refractivity contribution in [1.82, 2.24) is 15.1 Å². The van der Waals surface area contributed by atoms with Crippen LogP contribution in [-0.2, 0) is 19.5 Å². The van der Waals surface area contributed by atoms with Crippen LogP contribution in [0.15, 0.2) is 6.07 Å². The van der Waals surface area contributed by atoms with E-state index < -0.39 is 5.60 Å². The number of aliphatic hydroxyl groups is 1. The van der Waals surface area contributed by atoms with Gasteiger partial charge in [-0.05, 0) is 51.0 Å².